The molecule has 1 aromatic carbocycles. The zero-order chi connectivity index (χ0) is 23.3. The van der Waals surface area contributed by atoms with E-state index in [1.54, 1.807) is 24.4 Å². The van der Waals surface area contributed by atoms with Gasteiger partial charge < -0.3 is 15.2 Å². The van der Waals surface area contributed by atoms with Gasteiger partial charge in [0, 0.05) is 29.2 Å². The van der Waals surface area contributed by atoms with Gasteiger partial charge in [-0.15, -0.1) is 11.3 Å². The van der Waals surface area contributed by atoms with Gasteiger partial charge in [-0.1, -0.05) is 43.1 Å². The molecule has 2 heterocycles. The summed E-state index contributed by atoms with van der Waals surface area (Å²) in [5, 5.41) is 14.6. The molecule has 0 aliphatic rings. The second-order valence-corrected chi connectivity index (χ2v) is 9.74. The fourth-order valence-corrected chi connectivity index (χ4v) is 4.74. The van der Waals surface area contributed by atoms with Crippen LogP contribution in [0.5, 0.6) is 5.88 Å². The number of nitrogens with zero attached hydrogens (tertiary/aromatic N) is 2. The van der Waals surface area contributed by atoms with E-state index in [0.717, 1.165) is 28.1 Å². The van der Waals surface area contributed by atoms with Gasteiger partial charge in [-0.2, -0.15) is 0 Å². The van der Waals surface area contributed by atoms with Crippen molar-refractivity contribution in [1.82, 2.24) is 9.97 Å². The first-order valence-electron chi connectivity index (χ1n) is 10.2. The number of nitrogens with one attached hydrogen (secondary N) is 1. The number of aromatic nitrogens is 2. The lowest BCUT2D eigenvalue weighted by atomic mass is 10.0. The standard InChI is InChI=1S/C23H25Cl2N3O3S/c1-13(2)8-19-21(15-4-5-17(24)18(25)11-15)28-23(32-19)27-12-16(22(29)30)9-14-6-7-26-20(10-14)31-3/h4-7,10-11,13,16H,8-9,12H2,1-3H3,(H,27,28)(H,29,30). The minimum atomic E-state index is -0.878. The van der Waals surface area contributed by atoms with E-state index in [4.69, 9.17) is 32.9 Å². The largest absolute Gasteiger partial charge is 0.481 e. The highest BCUT2D eigenvalue weighted by atomic mass is 35.5. The third-order valence-electron chi connectivity index (χ3n) is 4.82. The van der Waals surface area contributed by atoms with E-state index >= 15 is 0 Å². The molecule has 3 rings (SSSR count). The number of carboxylic acid groups (broad SMARTS) is 1. The van der Waals surface area contributed by atoms with E-state index in [1.165, 1.54) is 18.4 Å². The summed E-state index contributed by atoms with van der Waals surface area (Å²) in [6, 6.07) is 9.01. The second kappa shape index (κ2) is 11.0. The normalized spacial score (nSPS) is 12.1. The van der Waals surface area contributed by atoms with Crippen LogP contribution in [0, 0.1) is 11.8 Å². The second-order valence-electron chi connectivity index (χ2n) is 7.84. The highest BCUT2D eigenvalue weighted by Crippen LogP contribution is 2.35. The maximum absolute atomic E-state index is 11.9. The van der Waals surface area contributed by atoms with Gasteiger partial charge in [-0.05, 0) is 42.5 Å². The number of methoxy groups -OCH3 is 1. The number of pyridine rings is 1. The number of hydrogen-bond acceptors (Lipinski definition) is 6. The van der Waals surface area contributed by atoms with Gasteiger partial charge in [0.25, 0.3) is 0 Å². The van der Waals surface area contributed by atoms with Crippen molar-refractivity contribution < 1.29 is 14.6 Å². The molecule has 6 nitrogen and oxygen atoms in total. The van der Waals surface area contributed by atoms with Crippen LogP contribution in [0.4, 0.5) is 5.13 Å². The van der Waals surface area contributed by atoms with Crippen LogP contribution in [-0.4, -0.2) is 34.7 Å². The quantitative estimate of drug-likeness (QED) is 0.356. The van der Waals surface area contributed by atoms with Gasteiger partial charge in [0.05, 0.1) is 28.8 Å². The van der Waals surface area contributed by atoms with Crippen molar-refractivity contribution >= 4 is 45.6 Å². The maximum atomic E-state index is 11.9. The summed E-state index contributed by atoms with van der Waals surface area (Å²) in [4.78, 5) is 21.8. The number of rotatable bonds is 10. The smallest absolute Gasteiger partial charge is 0.308 e. The third kappa shape index (κ3) is 6.34. The Hall–Kier alpha value is -2.35. The molecule has 0 fully saturated rings. The number of halogens is 2. The molecular formula is C23H25Cl2N3O3S. The van der Waals surface area contributed by atoms with Crippen LogP contribution in [0.3, 0.4) is 0 Å². The zero-order valence-electron chi connectivity index (χ0n) is 18.1. The van der Waals surface area contributed by atoms with E-state index < -0.39 is 11.9 Å². The van der Waals surface area contributed by atoms with E-state index in [1.807, 2.05) is 12.1 Å². The van der Waals surface area contributed by atoms with Gasteiger partial charge in [0.1, 0.15) is 0 Å². The van der Waals surface area contributed by atoms with Gasteiger partial charge in [0.2, 0.25) is 5.88 Å². The van der Waals surface area contributed by atoms with Crippen LogP contribution in [-0.2, 0) is 17.6 Å². The Kier molecular flexibility index (Phi) is 8.34. The number of anilines is 1. The van der Waals surface area contributed by atoms with Crippen LogP contribution < -0.4 is 10.1 Å². The maximum Gasteiger partial charge on any atom is 0.308 e. The van der Waals surface area contributed by atoms with Crippen molar-refractivity contribution in [2.45, 2.75) is 26.7 Å². The fourth-order valence-electron chi connectivity index (χ4n) is 3.24. The Bertz CT molecular complexity index is 1090. The molecule has 0 aliphatic carbocycles. The minimum absolute atomic E-state index is 0.245. The van der Waals surface area contributed by atoms with E-state index in [9.17, 15) is 9.90 Å². The van der Waals surface area contributed by atoms with Crippen molar-refractivity contribution in [2.75, 3.05) is 19.0 Å². The summed E-state index contributed by atoms with van der Waals surface area (Å²) in [5.74, 6) is -0.604. The molecule has 170 valence electrons. The predicted octanol–water partition coefficient (Wildman–Crippen LogP) is 6.07. The van der Waals surface area contributed by atoms with E-state index in [2.05, 4.69) is 24.1 Å². The third-order valence-corrected chi connectivity index (χ3v) is 6.60. The monoisotopic (exact) mass is 493 g/mol. The molecular weight excluding hydrogens is 469 g/mol. The number of thiazole rings is 1. The lowest BCUT2D eigenvalue weighted by Gasteiger charge is -2.13. The molecule has 0 aliphatic heterocycles. The Labute approximate surface area is 201 Å². The first-order valence-corrected chi connectivity index (χ1v) is 11.7. The lowest BCUT2D eigenvalue weighted by molar-refractivity contribution is -0.141. The van der Waals surface area contributed by atoms with Gasteiger partial charge in [-0.25, -0.2) is 9.97 Å². The molecule has 2 aromatic heterocycles. The molecule has 0 saturated carbocycles. The molecule has 9 heteroatoms. The molecule has 0 saturated heterocycles. The molecule has 0 bridgehead atoms. The zero-order valence-corrected chi connectivity index (χ0v) is 20.4. The highest BCUT2D eigenvalue weighted by molar-refractivity contribution is 7.16. The first kappa shape index (κ1) is 24.3. The summed E-state index contributed by atoms with van der Waals surface area (Å²) < 4.78 is 5.13. The van der Waals surface area contributed by atoms with Gasteiger partial charge in [0.15, 0.2) is 5.13 Å². The van der Waals surface area contributed by atoms with Crippen molar-refractivity contribution in [3.8, 4) is 17.1 Å². The summed E-state index contributed by atoms with van der Waals surface area (Å²) >= 11 is 13.8. The van der Waals surface area contributed by atoms with Crippen LogP contribution >= 0.6 is 34.5 Å². The summed E-state index contributed by atoms with van der Waals surface area (Å²) in [6.45, 7) is 4.54. The molecule has 1 atom stereocenters. The van der Waals surface area contributed by atoms with Crippen LogP contribution in [0.25, 0.3) is 11.3 Å². The Balaban J connectivity index is 1.79. The topological polar surface area (TPSA) is 84.3 Å². The number of hydrogen-bond donors (Lipinski definition) is 2. The summed E-state index contributed by atoms with van der Waals surface area (Å²) in [7, 11) is 1.53. The van der Waals surface area contributed by atoms with Crippen molar-refractivity contribution in [2.24, 2.45) is 11.8 Å². The summed E-state index contributed by atoms with van der Waals surface area (Å²) in [6.07, 6.45) is 2.82. The molecule has 0 radical (unpaired) electrons. The van der Waals surface area contributed by atoms with E-state index in [-0.39, 0.29) is 6.54 Å². The fraction of sp³-hybridized carbons (Fsp3) is 0.348. The van der Waals surface area contributed by atoms with E-state index in [0.29, 0.717) is 33.4 Å². The van der Waals surface area contributed by atoms with Gasteiger partial charge in [-0.3, -0.25) is 4.79 Å². The predicted molar refractivity (Wildman–Crippen MR) is 130 cm³/mol. The molecule has 0 spiro atoms. The lowest BCUT2D eigenvalue weighted by Crippen LogP contribution is -2.25. The molecule has 2 N–H and O–H groups in total. The molecule has 0 amide bonds. The van der Waals surface area contributed by atoms with Crippen LogP contribution in [0.1, 0.15) is 24.3 Å². The molecule has 32 heavy (non-hydrogen) atoms. The summed E-state index contributed by atoms with van der Waals surface area (Å²) in [5.41, 5.74) is 2.58. The van der Waals surface area contributed by atoms with Crippen molar-refractivity contribution in [3.63, 3.8) is 0 Å². The number of carboxylic acids is 1. The Morgan fingerprint density at radius 1 is 1.19 bits per heavy atom. The van der Waals surface area contributed by atoms with Gasteiger partial charge >= 0.3 is 5.97 Å². The number of benzene rings is 1. The average Bonchev–Trinajstić information content (AvgIpc) is 3.14. The number of ether oxygens (including phenoxy) is 1. The highest BCUT2D eigenvalue weighted by Gasteiger charge is 2.21. The SMILES string of the molecule is COc1cc(CC(CNc2nc(-c3ccc(Cl)c(Cl)c3)c(CC(C)C)s2)C(=O)O)ccn1. The van der Waals surface area contributed by atoms with Crippen LogP contribution in [0.15, 0.2) is 36.5 Å². The molecule has 3 aromatic rings. The van der Waals surface area contributed by atoms with Crippen molar-refractivity contribution in [1.29, 1.82) is 0 Å². The first-order chi connectivity index (χ1) is 15.3. The van der Waals surface area contributed by atoms with Crippen LogP contribution in [0.2, 0.25) is 10.0 Å². The van der Waals surface area contributed by atoms with Crippen molar-refractivity contribution in [3.05, 3.63) is 57.0 Å². The average molecular weight is 494 g/mol. The number of carbonyl (C=O) groups is 1. The molecule has 1 unspecified atom stereocenters. The Morgan fingerprint density at radius 2 is 1.97 bits per heavy atom. The minimum Gasteiger partial charge on any atom is -0.481 e. The number of aliphatic carboxylic acids is 1. The Morgan fingerprint density at radius 3 is 2.62 bits per heavy atom.